The van der Waals surface area contributed by atoms with Crippen LogP contribution in [0.1, 0.15) is 6.42 Å². The summed E-state index contributed by atoms with van der Waals surface area (Å²) in [6.45, 7) is 1.52. The van der Waals surface area contributed by atoms with Crippen molar-refractivity contribution in [2.24, 2.45) is 0 Å². The van der Waals surface area contributed by atoms with E-state index < -0.39 is 4.92 Å². The van der Waals surface area contributed by atoms with Crippen molar-refractivity contribution in [2.45, 2.75) is 12.5 Å². The lowest BCUT2D eigenvalue weighted by molar-refractivity contribution is -0.386. The average Bonchev–Trinajstić information content (AvgIpc) is 2.75. The third-order valence-corrected chi connectivity index (χ3v) is 3.23. The molecule has 0 aromatic heterocycles. The Kier molecular flexibility index (Phi) is 3.71. The van der Waals surface area contributed by atoms with E-state index in [1.54, 1.807) is 0 Å². The summed E-state index contributed by atoms with van der Waals surface area (Å²) in [5.74, 6) is 0.165. The second kappa shape index (κ2) is 5.08. The first-order chi connectivity index (χ1) is 8.08. The van der Waals surface area contributed by atoms with Crippen LogP contribution >= 0.6 is 23.2 Å². The molecule has 0 amide bonds. The lowest BCUT2D eigenvalue weighted by Crippen LogP contribution is -2.20. The van der Waals surface area contributed by atoms with Crippen molar-refractivity contribution in [2.75, 3.05) is 13.1 Å². The van der Waals surface area contributed by atoms with Gasteiger partial charge >= 0.3 is 5.69 Å². The lowest BCUT2D eigenvalue weighted by atomic mass is 10.2. The lowest BCUT2D eigenvalue weighted by Gasteiger charge is -2.13. The second-order valence-corrected chi connectivity index (χ2v) is 4.54. The third-order valence-electron chi connectivity index (χ3n) is 2.51. The Morgan fingerprint density at radius 2 is 2.12 bits per heavy atom. The summed E-state index contributed by atoms with van der Waals surface area (Å²) in [6, 6.07) is 2.60. The minimum absolute atomic E-state index is 0.0639. The molecule has 0 saturated carbocycles. The van der Waals surface area contributed by atoms with Gasteiger partial charge in [0.25, 0.3) is 0 Å². The van der Waals surface area contributed by atoms with Gasteiger partial charge in [0.2, 0.25) is 0 Å². The zero-order valence-electron chi connectivity index (χ0n) is 8.78. The summed E-state index contributed by atoms with van der Waals surface area (Å²) in [7, 11) is 0. The van der Waals surface area contributed by atoms with E-state index in [0.717, 1.165) is 13.0 Å². The highest BCUT2D eigenvalue weighted by Crippen LogP contribution is 2.36. The molecule has 17 heavy (non-hydrogen) atoms. The fraction of sp³-hybridized carbons (Fsp3) is 0.400. The molecule has 0 aliphatic carbocycles. The molecule has 1 saturated heterocycles. The van der Waals surface area contributed by atoms with Gasteiger partial charge in [0.15, 0.2) is 5.75 Å². The smallest absolute Gasteiger partial charge is 0.312 e. The van der Waals surface area contributed by atoms with Gasteiger partial charge in [-0.15, -0.1) is 0 Å². The predicted molar refractivity (Wildman–Crippen MR) is 65.0 cm³/mol. The summed E-state index contributed by atoms with van der Waals surface area (Å²) >= 11 is 11.6. The van der Waals surface area contributed by atoms with Crippen LogP contribution in [-0.4, -0.2) is 24.1 Å². The Morgan fingerprint density at radius 1 is 1.41 bits per heavy atom. The number of nitrogens with zero attached hydrogens (tertiary/aromatic N) is 1. The minimum atomic E-state index is -0.528. The van der Waals surface area contributed by atoms with Gasteiger partial charge in [0.05, 0.1) is 15.0 Å². The van der Waals surface area contributed by atoms with Crippen molar-refractivity contribution in [3.8, 4) is 5.75 Å². The highest BCUT2D eigenvalue weighted by molar-refractivity contribution is 6.42. The maximum absolute atomic E-state index is 10.9. The molecule has 0 radical (unpaired) electrons. The van der Waals surface area contributed by atoms with Crippen molar-refractivity contribution < 1.29 is 9.66 Å². The summed E-state index contributed by atoms with van der Waals surface area (Å²) in [4.78, 5) is 10.3. The number of hydrogen-bond donors (Lipinski definition) is 1. The van der Waals surface area contributed by atoms with Gasteiger partial charge < -0.3 is 10.1 Å². The molecule has 1 aliphatic rings. The van der Waals surface area contributed by atoms with Gasteiger partial charge in [-0.05, 0) is 13.0 Å². The van der Waals surface area contributed by atoms with Gasteiger partial charge in [-0.3, -0.25) is 10.1 Å². The molecular formula is C10H10Cl2N2O3. The van der Waals surface area contributed by atoms with Crippen molar-refractivity contribution in [1.82, 2.24) is 5.32 Å². The van der Waals surface area contributed by atoms with E-state index in [4.69, 9.17) is 27.9 Å². The van der Waals surface area contributed by atoms with E-state index in [2.05, 4.69) is 5.32 Å². The summed E-state index contributed by atoms with van der Waals surface area (Å²) in [6.07, 6.45) is 0.753. The van der Waals surface area contributed by atoms with Gasteiger partial charge in [0, 0.05) is 18.7 Å². The predicted octanol–water partition coefficient (Wildman–Crippen LogP) is 2.64. The molecule has 1 heterocycles. The first-order valence-corrected chi connectivity index (χ1v) is 5.84. The highest BCUT2D eigenvalue weighted by atomic mass is 35.5. The van der Waals surface area contributed by atoms with Gasteiger partial charge in [0.1, 0.15) is 6.10 Å². The fourth-order valence-electron chi connectivity index (χ4n) is 1.66. The van der Waals surface area contributed by atoms with Gasteiger partial charge in [-0.25, -0.2) is 0 Å². The van der Waals surface area contributed by atoms with Crippen LogP contribution in [0, 0.1) is 10.1 Å². The van der Waals surface area contributed by atoms with Crippen molar-refractivity contribution >= 4 is 28.9 Å². The molecule has 5 nitrogen and oxygen atoms in total. The SMILES string of the molecule is O=[N+]([O-])c1cc(Cl)c(Cl)cc1O[C@@H]1CCNC1. The standard InChI is InChI=1S/C10H10Cl2N2O3/c11-7-3-9(14(15)16)10(4-8(7)12)17-6-1-2-13-5-6/h3-4,6,13H,1-2,5H2/t6-/m1/s1. The van der Waals surface area contributed by atoms with Crippen LogP contribution in [0.5, 0.6) is 5.75 Å². The summed E-state index contributed by atoms with van der Waals surface area (Å²) < 4.78 is 5.56. The quantitative estimate of drug-likeness (QED) is 0.681. The largest absolute Gasteiger partial charge is 0.482 e. The topological polar surface area (TPSA) is 64.4 Å². The van der Waals surface area contributed by atoms with Crippen LogP contribution in [0.4, 0.5) is 5.69 Å². The number of nitro groups is 1. The van der Waals surface area contributed by atoms with E-state index >= 15 is 0 Å². The van der Waals surface area contributed by atoms with Crippen LogP contribution in [0.2, 0.25) is 10.0 Å². The molecule has 1 atom stereocenters. The van der Waals surface area contributed by atoms with Crippen LogP contribution in [0.25, 0.3) is 0 Å². The van der Waals surface area contributed by atoms with Crippen LogP contribution < -0.4 is 10.1 Å². The molecule has 1 fully saturated rings. The van der Waals surface area contributed by atoms with E-state index in [1.807, 2.05) is 0 Å². The van der Waals surface area contributed by atoms with E-state index in [1.165, 1.54) is 12.1 Å². The summed E-state index contributed by atoms with van der Waals surface area (Å²) in [5, 5.41) is 14.4. The van der Waals surface area contributed by atoms with Crippen molar-refractivity contribution in [3.63, 3.8) is 0 Å². The average molecular weight is 277 g/mol. The maximum Gasteiger partial charge on any atom is 0.312 e. The van der Waals surface area contributed by atoms with E-state index in [-0.39, 0.29) is 27.6 Å². The fourth-order valence-corrected chi connectivity index (χ4v) is 1.98. The van der Waals surface area contributed by atoms with Gasteiger partial charge in [-0.1, -0.05) is 23.2 Å². The number of nitrogens with one attached hydrogen (secondary N) is 1. The molecule has 1 aromatic rings. The second-order valence-electron chi connectivity index (χ2n) is 3.72. The molecule has 1 N–H and O–H groups in total. The molecular weight excluding hydrogens is 267 g/mol. The zero-order chi connectivity index (χ0) is 12.4. The molecule has 0 unspecified atom stereocenters. The number of benzene rings is 1. The number of ether oxygens (including phenoxy) is 1. The highest BCUT2D eigenvalue weighted by Gasteiger charge is 2.23. The molecule has 1 aromatic carbocycles. The van der Waals surface area contributed by atoms with E-state index in [9.17, 15) is 10.1 Å². The van der Waals surface area contributed by atoms with E-state index in [0.29, 0.717) is 6.54 Å². The molecule has 2 rings (SSSR count). The molecule has 7 heteroatoms. The number of nitro benzene ring substituents is 1. The molecule has 1 aliphatic heterocycles. The van der Waals surface area contributed by atoms with Crippen LogP contribution in [-0.2, 0) is 0 Å². The van der Waals surface area contributed by atoms with Crippen molar-refractivity contribution in [3.05, 3.63) is 32.3 Å². The normalized spacial score (nSPS) is 19.3. The summed E-state index contributed by atoms with van der Waals surface area (Å²) in [5.41, 5.74) is -0.161. The molecule has 92 valence electrons. The molecule has 0 spiro atoms. The number of halogens is 2. The Labute approximate surface area is 108 Å². The molecule has 0 bridgehead atoms. The van der Waals surface area contributed by atoms with Crippen molar-refractivity contribution in [1.29, 1.82) is 0 Å². The maximum atomic E-state index is 10.9. The number of hydrogen-bond acceptors (Lipinski definition) is 4. The third kappa shape index (κ3) is 2.80. The first kappa shape index (κ1) is 12.4. The number of rotatable bonds is 3. The Morgan fingerprint density at radius 3 is 2.71 bits per heavy atom. The van der Waals surface area contributed by atoms with Crippen LogP contribution in [0.3, 0.4) is 0 Å². The Hall–Kier alpha value is -1.04. The Balaban J connectivity index is 2.29. The monoisotopic (exact) mass is 276 g/mol. The minimum Gasteiger partial charge on any atom is -0.482 e. The Bertz CT molecular complexity index is 447. The van der Waals surface area contributed by atoms with Crippen LogP contribution in [0.15, 0.2) is 12.1 Å². The van der Waals surface area contributed by atoms with Gasteiger partial charge in [-0.2, -0.15) is 0 Å². The first-order valence-electron chi connectivity index (χ1n) is 5.08. The zero-order valence-corrected chi connectivity index (χ0v) is 10.3.